The number of aromatic nitrogens is 2. The minimum atomic E-state index is -0.493. The van der Waals surface area contributed by atoms with Gasteiger partial charge in [-0.2, -0.15) is 0 Å². The molecule has 1 aliphatic heterocycles. The van der Waals surface area contributed by atoms with Crippen molar-refractivity contribution in [1.29, 1.82) is 0 Å². The van der Waals surface area contributed by atoms with Gasteiger partial charge in [-0.05, 0) is 43.7 Å². The highest BCUT2D eigenvalue weighted by Gasteiger charge is 2.38. The summed E-state index contributed by atoms with van der Waals surface area (Å²) in [5, 5.41) is 2.41. The third-order valence-electron chi connectivity index (χ3n) is 5.02. The number of hydrogen-bond donors (Lipinski definition) is 1. The molecule has 0 aliphatic carbocycles. The SMILES string of the molecule is CCN1C(=O)C[C@@H](Sc2ccccc2C(=O)NCc2cn3ccc(C)cc3n2)C1=O. The number of imidazole rings is 1. The van der Waals surface area contributed by atoms with Gasteiger partial charge in [0.1, 0.15) is 5.65 Å². The Balaban J connectivity index is 1.46. The number of hydrogen-bond acceptors (Lipinski definition) is 5. The van der Waals surface area contributed by atoms with Gasteiger partial charge < -0.3 is 9.72 Å². The zero-order valence-corrected chi connectivity index (χ0v) is 17.6. The molecule has 1 saturated heterocycles. The first-order valence-electron chi connectivity index (χ1n) is 9.78. The molecule has 0 bridgehead atoms. The second kappa shape index (κ2) is 8.31. The Kier molecular flexibility index (Phi) is 5.59. The molecule has 1 N–H and O–H groups in total. The predicted octanol–water partition coefficient (Wildman–Crippen LogP) is 2.81. The van der Waals surface area contributed by atoms with E-state index in [0.717, 1.165) is 16.9 Å². The van der Waals surface area contributed by atoms with E-state index in [2.05, 4.69) is 10.3 Å². The molecule has 8 heteroatoms. The molecule has 1 aromatic carbocycles. The van der Waals surface area contributed by atoms with Crippen LogP contribution in [-0.4, -0.2) is 43.8 Å². The molecule has 1 aliphatic rings. The number of aryl methyl sites for hydroxylation is 1. The minimum absolute atomic E-state index is 0.161. The molecule has 1 fully saturated rings. The fourth-order valence-corrected chi connectivity index (χ4v) is 4.68. The van der Waals surface area contributed by atoms with Crippen molar-refractivity contribution in [1.82, 2.24) is 19.6 Å². The quantitative estimate of drug-likeness (QED) is 0.618. The average molecular weight is 423 g/mol. The van der Waals surface area contributed by atoms with Gasteiger partial charge in [0.05, 0.1) is 23.1 Å². The summed E-state index contributed by atoms with van der Waals surface area (Å²) in [7, 11) is 0. The lowest BCUT2D eigenvalue weighted by Crippen LogP contribution is -2.31. The number of rotatable bonds is 6. The molecule has 30 heavy (non-hydrogen) atoms. The summed E-state index contributed by atoms with van der Waals surface area (Å²) in [6.07, 6.45) is 3.99. The summed E-state index contributed by atoms with van der Waals surface area (Å²) in [6.45, 7) is 4.45. The van der Waals surface area contributed by atoms with Gasteiger partial charge in [-0.15, -0.1) is 11.8 Å². The number of pyridine rings is 1. The first kappa shape index (κ1) is 20.2. The maximum atomic E-state index is 12.8. The van der Waals surface area contributed by atoms with E-state index < -0.39 is 5.25 Å². The average Bonchev–Trinajstić information content (AvgIpc) is 3.25. The molecule has 3 heterocycles. The van der Waals surface area contributed by atoms with Gasteiger partial charge >= 0.3 is 0 Å². The lowest BCUT2D eigenvalue weighted by atomic mass is 10.2. The molecule has 4 rings (SSSR count). The van der Waals surface area contributed by atoms with E-state index in [0.29, 0.717) is 23.5 Å². The molecule has 1 atom stereocenters. The van der Waals surface area contributed by atoms with Crippen LogP contribution in [-0.2, 0) is 16.1 Å². The Morgan fingerprint density at radius 2 is 2.07 bits per heavy atom. The van der Waals surface area contributed by atoms with E-state index in [9.17, 15) is 14.4 Å². The van der Waals surface area contributed by atoms with Crippen LogP contribution in [0.25, 0.3) is 5.65 Å². The van der Waals surface area contributed by atoms with E-state index >= 15 is 0 Å². The second-order valence-corrected chi connectivity index (χ2v) is 8.41. The highest BCUT2D eigenvalue weighted by molar-refractivity contribution is 8.00. The van der Waals surface area contributed by atoms with E-state index in [4.69, 9.17) is 0 Å². The zero-order valence-electron chi connectivity index (χ0n) is 16.8. The largest absolute Gasteiger partial charge is 0.346 e. The first-order valence-corrected chi connectivity index (χ1v) is 10.7. The van der Waals surface area contributed by atoms with E-state index in [-0.39, 0.29) is 24.1 Å². The molecule has 3 amide bonds. The molecule has 0 saturated carbocycles. The number of imide groups is 1. The summed E-state index contributed by atoms with van der Waals surface area (Å²) in [6, 6.07) is 11.1. The van der Waals surface area contributed by atoms with Crippen LogP contribution in [0, 0.1) is 6.92 Å². The number of fused-ring (bicyclic) bond motifs is 1. The smallest absolute Gasteiger partial charge is 0.252 e. The van der Waals surface area contributed by atoms with Crippen LogP contribution in [0.15, 0.2) is 53.7 Å². The molecule has 0 spiro atoms. The summed E-state index contributed by atoms with van der Waals surface area (Å²) < 4.78 is 1.92. The Hall–Kier alpha value is -3.13. The second-order valence-electron chi connectivity index (χ2n) is 7.17. The van der Waals surface area contributed by atoms with Crippen LogP contribution in [0.4, 0.5) is 0 Å². The van der Waals surface area contributed by atoms with Crippen molar-refractivity contribution >= 4 is 35.1 Å². The summed E-state index contributed by atoms with van der Waals surface area (Å²) >= 11 is 1.27. The van der Waals surface area contributed by atoms with Gasteiger partial charge in [0.2, 0.25) is 11.8 Å². The zero-order chi connectivity index (χ0) is 21.3. The highest BCUT2D eigenvalue weighted by Crippen LogP contribution is 2.33. The number of amides is 3. The lowest BCUT2D eigenvalue weighted by Gasteiger charge is -2.13. The van der Waals surface area contributed by atoms with Gasteiger partial charge in [0.15, 0.2) is 0 Å². The number of benzene rings is 1. The normalized spacial score (nSPS) is 16.5. The Labute approximate surface area is 178 Å². The highest BCUT2D eigenvalue weighted by atomic mass is 32.2. The Morgan fingerprint density at radius 3 is 2.83 bits per heavy atom. The van der Waals surface area contributed by atoms with E-state index in [1.165, 1.54) is 16.7 Å². The van der Waals surface area contributed by atoms with Crippen LogP contribution in [0.2, 0.25) is 0 Å². The third kappa shape index (κ3) is 3.95. The van der Waals surface area contributed by atoms with Crippen LogP contribution >= 0.6 is 11.8 Å². The number of nitrogens with one attached hydrogen (secondary N) is 1. The molecule has 3 aromatic rings. The topological polar surface area (TPSA) is 83.8 Å². The van der Waals surface area contributed by atoms with Crippen LogP contribution < -0.4 is 5.32 Å². The first-order chi connectivity index (χ1) is 14.5. The number of nitrogens with zero attached hydrogens (tertiary/aromatic N) is 3. The van der Waals surface area contributed by atoms with Gasteiger partial charge in [-0.3, -0.25) is 19.3 Å². The summed E-state index contributed by atoms with van der Waals surface area (Å²) in [5.74, 6) is -0.595. The molecular formula is C22H22N4O3S. The molecule has 0 unspecified atom stereocenters. The van der Waals surface area contributed by atoms with Crippen molar-refractivity contribution in [3.63, 3.8) is 0 Å². The summed E-state index contributed by atoms with van der Waals surface area (Å²) in [5.41, 5.74) is 3.20. The van der Waals surface area contributed by atoms with Crippen molar-refractivity contribution < 1.29 is 14.4 Å². The van der Waals surface area contributed by atoms with Crippen molar-refractivity contribution in [2.45, 2.75) is 37.0 Å². The lowest BCUT2D eigenvalue weighted by molar-refractivity contribution is -0.137. The maximum absolute atomic E-state index is 12.8. The van der Waals surface area contributed by atoms with Crippen molar-refractivity contribution in [2.75, 3.05) is 6.54 Å². The Morgan fingerprint density at radius 1 is 1.27 bits per heavy atom. The predicted molar refractivity (Wildman–Crippen MR) is 114 cm³/mol. The van der Waals surface area contributed by atoms with Gasteiger partial charge in [0, 0.05) is 30.3 Å². The standard InChI is InChI=1S/C22H22N4O3S/c1-3-26-20(27)11-18(22(26)29)30-17-7-5-4-6-16(17)21(28)23-12-15-13-25-9-8-14(2)10-19(25)24-15/h4-10,13,18H,3,11-12H2,1-2H3,(H,23,28)/t18-/m1/s1. The van der Waals surface area contributed by atoms with Gasteiger partial charge in [-0.25, -0.2) is 4.98 Å². The van der Waals surface area contributed by atoms with Crippen molar-refractivity contribution in [2.24, 2.45) is 0 Å². The number of carbonyl (C=O) groups is 3. The monoisotopic (exact) mass is 422 g/mol. The van der Waals surface area contributed by atoms with Gasteiger partial charge in [-0.1, -0.05) is 12.1 Å². The third-order valence-corrected chi connectivity index (χ3v) is 6.28. The number of thioether (sulfide) groups is 1. The molecule has 0 radical (unpaired) electrons. The van der Waals surface area contributed by atoms with Crippen LogP contribution in [0.3, 0.4) is 0 Å². The van der Waals surface area contributed by atoms with Crippen molar-refractivity contribution in [3.8, 4) is 0 Å². The fourth-order valence-electron chi connectivity index (χ4n) is 3.47. The maximum Gasteiger partial charge on any atom is 0.252 e. The molecular weight excluding hydrogens is 400 g/mol. The van der Waals surface area contributed by atoms with E-state index in [1.807, 2.05) is 41.9 Å². The minimum Gasteiger partial charge on any atom is -0.346 e. The van der Waals surface area contributed by atoms with Crippen LogP contribution in [0.1, 0.15) is 35.0 Å². The van der Waals surface area contributed by atoms with E-state index in [1.54, 1.807) is 25.1 Å². The summed E-state index contributed by atoms with van der Waals surface area (Å²) in [4.78, 5) is 43.7. The Bertz CT molecular complexity index is 1140. The molecule has 154 valence electrons. The van der Waals surface area contributed by atoms with Crippen LogP contribution in [0.5, 0.6) is 0 Å². The number of carbonyl (C=O) groups excluding carboxylic acids is 3. The van der Waals surface area contributed by atoms with Gasteiger partial charge in [0.25, 0.3) is 5.91 Å². The fraction of sp³-hybridized carbons (Fsp3) is 0.273. The molecule has 7 nitrogen and oxygen atoms in total. The van der Waals surface area contributed by atoms with Crippen molar-refractivity contribution in [3.05, 3.63) is 65.6 Å². The number of likely N-dealkylation sites (tertiary alicyclic amines) is 1. The molecule has 2 aromatic heterocycles.